The van der Waals surface area contributed by atoms with Crippen molar-refractivity contribution in [3.05, 3.63) is 47.9 Å². The molecule has 19 heavy (non-hydrogen) atoms. The third-order valence-electron chi connectivity index (χ3n) is 2.85. The van der Waals surface area contributed by atoms with Crippen molar-refractivity contribution in [3.8, 4) is 0 Å². The van der Waals surface area contributed by atoms with Crippen molar-refractivity contribution in [2.24, 2.45) is 0 Å². The van der Waals surface area contributed by atoms with Crippen molar-refractivity contribution in [3.63, 3.8) is 0 Å². The Bertz CT molecular complexity index is 563. The molecule has 0 aliphatic heterocycles. The highest BCUT2D eigenvalue weighted by atomic mass is 16.2. The second-order valence-corrected chi connectivity index (χ2v) is 4.24. The lowest BCUT2D eigenvalue weighted by atomic mass is 10.2. The number of hydrogen-bond acceptors (Lipinski definition) is 4. The number of benzene rings is 1. The summed E-state index contributed by atoms with van der Waals surface area (Å²) in [7, 11) is 3.48. The minimum atomic E-state index is -0.181. The van der Waals surface area contributed by atoms with Gasteiger partial charge in [0.15, 0.2) is 0 Å². The molecule has 1 aromatic carbocycles. The Hall–Kier alpha value is -2.43. The van der Waals surface area contributed by atoms with Gasteiger partial charge in [0.25, 0.3) is 5.91 Å². The molecule has 0 saturated carbocycles. The monoisotopic (exact) mass is 256 g/mol. The zero-order chi connectivity index (χ0) is 13.8. The number of rotatable bonds is 3. The number of aryl methyl sites for hydroxylation is 1. The zero-order valence-corrected chi connectivity index (χ0v) is 11.2. The number of nitrogens with one attached hydrogen (secondary N) is 1. The van der Waals surface area contributed by atoms with Crippen molar-refractivity contribution in [2.45, 2.75) is 6.92 Å². The van der Waals surface area contributed by atoms with Gasteiger partial charge >= 0.3 is 0 Å². The predicted molar refractivity (Wildman–Crippen MR) is 75.5 cm³/mol. The number of hydrogen-bond donors (Lipinski definition) is 1. The fourth-order valence-corrected chi connectivity index (χ4v) is 1.63. The fourth-order valence-electron chi connectivity index (χ4n) is 1.63. The molecule has 0 radical (unpaired) electrons. The van der Waals surface area contributed by atoms with Gasteiger partial charge < -0.3 is 10.2 Å². The zero-order valence-electron chi connectivity index (χ0n) is 11.2. The molecular weight excluding hydrogens is 240 g/mol. The maximum atomic E-state index is 12.2. The average Bonchev–Trinajstić information content (AvgIpc) is 2.46. The third kappa shape index (κ3) is 2.88. The topological polar surface area (TPSA) is 58.1 Å². The molecule has 98 valence electrons. The van der Waals surface area contributed by atoms with Gasteiger partial charge in [-0.1, -0.05) is 17.7 Å². The maximum absolute atomic E-state index is 12.2. The molecule has 1 N–H and O–H groups in total. The van der Waals surface area contributed by atoms with Crippen LogP contribution >= 0.6 is 0 Å². The Balaban J connectivity index is 2.20. The van der Waals surface area contributed by atoms with Crippen molar-refractivity contribution in [1.29, 1.82) is 0 Å². The Labute approximate surface area is 112 Å². The molecule has 0 aliphatic rings. The van der Waals surface area contributed by atoms with Gasteiger partial charge in [0.1, 0.15) is 11.5 Å². The van der Waals surface area contributed by atoms with Gasteiger partial charge in [-0.05, 0) is 19.1 Å². The summed E-state index contributed by atoms with van der Waals surface area (Å²) in [6.07, 6.45) is 3.01. The molecule has 1 heterocycles. The van der Waals surface area contributed by atoms with Crippen LogP contribution in [0.1, 0.15) is 16.1 Å². The van der Waals surface area contributed by atoms with Crippen molar-refractivity contribution in [2.75, 3.05) is 24.3 Å². The average molecular weight is 256 g/mol. The summed E-state index contributed by atoms with van der Waals surface area (Å²) in [6.45, 7) is 2.01. The first-order valence-electron chi connectivity index (χ1n) is 5.96. The fraction of sp³-hybridized carbons (Fsp3) is 0.214. The molecule has 1 aromatic heterocycles. The van der Waals surface area contributed by atoms with Crippen LogP contribution in [0, 0.1) is 6.92 Å². The summed E-state index contributed by atoms with van der Waals surface area (Å²) >= 11 is 0. The molecule has 0 fully saturated rings. The number of carbonyl (C=O) groups excluding carboxylic acids is 1. The molecule has 0 saturated heterocycles. The van der Waals surface area contributed by atoms with Crippen LogP contribution in [0.4, 0.5) is 11.5 Å². The van der Waals surface area contributed by atoms with E-state index in [-0.39, 0.29) is 5.91 Å². The highest BCUT2D eigenvalue weighted by Crippen LogP contribution is 2.15. The first-order chi connectivity index (χ1) is 9.11. The third-order valence-corrected chi connectivity index (χ3v) is 2.85. The van der Waals surface area contributed by atoms with E-state index >= 15 is 0 Å². The molecule has 2 rings (SSSR count). The number of carbonyl (C=O) groups is 1. The van der Waals surface area contributed by atoms with Crippen LogP contribution in [0.15, 0.2) is 36.7 Å². The Morgan fingerprint density at radius 2 is 1.84 bits per heavy atom. The first kappa shape index (κ1) is 13.0. The lowest BCUT2D eigenvalue weighted by Gasteiger charge is -2.16. The van der Waals surface area contributed by atoms with Crippen molar-refractivity contribution >= 4 is 17.4 Å². The predicted octanol–water partition coefficient (Wildman–Crippen LogP) is 2.10. The summed E-state index contributed by atoms with van der Waals surface area (Å²) in [5.41, 5.74) is 2.31. The first-order valence-corrected chi connectivity index (χ1v) is 5.96. The quantitative estimate of drug-likeness (QED) is 0.913. The molecule has 1 amide bonds. The van der Waals surface area contributed by atoms with Gasteiger partial charge in [-0.25, -0.2) is 9.97 Å². The van der Waals surface area contributed by atoms with Crippen LogP contribution in [0.5, 0.6) is 0 Å². The minimum Gasteiger partial charge on any atom is -0.372 e. The Morgan fingerprint density at radius 3 is 2.37 bits per heavy atom. The van der Waals surface area contributed by atoms with Crippen LogP contribution < -0.4 is 10.2 Å². The molecule has 5 nitrogen and oxygen atoms in total. The molecule has 0 aliphatic carbocycles. The molecule has 0 bridgehead atoms. The van der Waals surface area contributed by atoms with Gasteiger partial charge in [0.05, 0.1) is 12.4 Å². The lowest BCUT2D eigenvalue weighted by Crippen LogP contribution is -2.27. The van der Waals surface area contributed by atoms with E-state index in [0.29, 0.717) is 11.5 Å². The highest BCUT2D eigenvalue weighted by Gasteiger charge is 2.15. The van der Waals surface area contributed by atoms with E-state index in [9.17, 15) is 4.79 Å². The van der Waals surface area contributed by atoms with Crippen LogP contribution in [0.3, 0.4) is 0 Å². The standard InChI is InChI=1S/C14H16N4O/c1-10-4-6-11(7-5-10)18(3)14(19)12-8-17-13(15-2)9-16-12/h4-9H,1-3H3,(H,15,17). The van der Waals surface area contributed by atoms with E-state index in [2.05, 4.69) is 15.3 Å². The van der Waals surface area contributed by atoms with Crippen LogP contribution in [0.2, 0.25) is 0 Å². The SMILES string of the molecule is CNc1cnc(C(=O)N(C)c2ccc(C)cc2)cn1. The second kappa shape index (κ2) is 5.48. The van der Waals surface area contributed by atoms with Gasteiger partial charge in [0, 0.05) is 19.8 Å². The number of nitrogens with zero attached hydrogens (tertiary/aromatic N) is 3. The molecule has 0 spiro atoms. The van der Waals surface area contributed by atoms with E-state index in [0.717, 1.165) is 11.3 Å². The number of aromatic nitrogens is 2. The van der Waals surface area contributed by atoms with E-state index in [4.69, 9.17) is 0 Å². The normalized spacial score (nSPS) is 10.1. The highest BCUT2D eigenvalue weighted by molar-refractivity contribution is 6.04. The summed E-state index contributed by atoms with van der Waals surface area (Å²) in [5, 5.41) is 2.86. The van der Waals surface area contributed by atoms with Gasteiger partial charge in [0.2, 0.25) is 0 Å². The largest absolute Gasteiger partial charge is 0.372 e. The summed E-state index contributed by atoms with van der Waals surface area (Å²) < 4.78 is 0. The summed E-state index contributed by atoms with van der Waals surface area (Å²) in [6, 6.07) is 7.75. The van der Waals surface area contributed by atoms with Crippen LogP contribution in [0.25, 0.3) is 0 Å². The van der Waals surface area contributed by atoms with Crippen molar-refractivity contribution < 1.29 is 4.79 Å². The summed E-state index contributed by atoms with van der Waals surface area (Å²) in [4.78, 5) is 22.0. The minimum absolute atomic E-state index is 0.181. The molecule has 2 aromatic rings. The molecule has 5 heteroatoms. The lowest BCUT2D eigenvalue weighted by molar-refractivity contribution is 0.0988. The van der Waals surface area contributed by atoms with E-state index in [1.807, 2.05) is 31.2 Å². The van der Waals surface area contributed by atoms with Crippen molar-refractivity contribution in [1.82, 2.24) is 9.97 Å². The van der Waals surface area contributed by atoms with Gasteiger partial charge in [-0.3, -0.25) is 4.79 Å². The summed E-state index contributed by atoms with van der Waals surface area (Å²) in [5.74, 6) is 0.452. The maximum Gasteiger partial charge on any atom is 0.278 e. The van der Waals surface area contributed by atoms with Gasteiger partial charge in [-0.2, -0.15) is 0 Å². The second-order valence-electron chi connectivity index (χ2n) is 4.24. The number of anilines is 2. The smallest absolute Gasteiger partial charge is 0.278 e. The van der Waals surface area contributed by atoms with E-state index in [1.54, 1.807) is 19.0 Å². The Kier molecular flexibility index (Phi) is 3.75. The Morgan fingerprint density at radius 1 is 1.16 bits per heavy atom. The molecule has 0 unspecified atom stereocenters. The van der Waals surface area contributed by atoms with E-state index < -0.39 is 0 Å². The van der Waals surface area contributed by atoms with Gasteiger partial charge in [-0.15, -0.1) is 0 Å². The van der Waals surface area contributed by atoms with E-state index in [1.165, 1.54) is 12.4 Å². The molecular formula is C14H16N4O. The van der Waals surface area contributed by atoms with Crippen LogP contribution in [-0.2, 0) is 0 Å². The molecule has 0 atom stereocenters. The number of amides is 1. The van der Waals surface area contributed by atoms with Crippen LogP contribution in [-0.4, -0.2) is 30.0 Å².